The van der Waals surface area contributed by atoms with Crippen LogP contribution in [0.5, 0.6) is 0 Å². The van der Waals surface area contributed by atoms with E-state index < -0.39 is 10.1 Å². The molecule has 0 saturated heterocycles. The molecule has 5 nitrogen and oxygen atoms in total. The molecule has 3 N–H and O–H groups in total. The molecule has 0 amide bonds. The van der Waals surface area contributed by atoms with Gasteiger partial charge < -0.3 is 5.43 Å². The fraction of sp³-hybridized carbons (Fsp3) is 0. The number of hydrazine groups is 1. The number of hydrogen-bond donors (Lipinski definition) is 3. The van der Waals surface area contributed by atoms with E-state index in [-0.39, 0.29) is 9.92 Å². The van der Waals surface area contributed by atoms with Crippen molar-refractivity contribution < 1.29 is 13.0 Å². The minimum absolute atomic E-state index is 0.0931. The zero-order valence-electron chi connectivity index (χ0n) is 6.66. The van der Waals surface area contributed by atoms with Crippen molar-refractivity contribution >= 4 is 39.2 Å². The van der Waals surface area contributed by atoms with Gasteiger partial charge in [-0.3, -0.25) is 4.55 Å². The third-order valence-electron chi connectivity index (χ3n) is 1.40. The lowest BCUT2D eigenvalue weighted by Gasteiger charge is -2.05. The van der Waals surface area contributed by atoms with Gasteiger partial charge in [-0.25, -0.2) is 0 Å². The monoisotopic (exact) mass is 256 g/mol. The molecular weight excluding hydrogens is 251 g/mol. The van der Waals surface area contributed by atoms with Gasteiger partial charge >= 0.3 is 0 Å². The van der Waals surface area contributed by atoms with Gasteiger partial charge in [-0.15, -0.1) is 4.94 Å². The van der Waals surface area contributed by atoms with Gasteiger partial charge in [0.1, 0.15) is 4.90 Å². The maximum atomic E-state index is 10.7. The van der Waals surface area contributed by atoms with E-state index >= 15 is 0 Å². The Morgan fingerprint density at radius 1 is 1.36 bits per heavy atom. The van der Waals surface area contributed by atoms with E-state index in [1.54, 1.807) is 0 Å². The predicted octanol–water partition coefficient (Wildman–Crippen LogP) is 1.66. The Hall–Kier alpha value is -0.530. The summed E-state index contributed by atoms with van der Waals surface area (Å²) in [6, 6.07) is 3.86. The molecule has 0 aliphatic carbocycles. The van der Waals surface area contributed by atoms with Crippen LogP contribution in [0.3, 0.4) is 0 Å². The van der Waals surface area contributed by atoms with Gasteiger partial charge in [-0.1, -0.05) is 11.6 Å². The first-order chi connectivity index (χ1) is 6.45. The van der Waals surface area contributed by atoms with Crippen molar-refractivity contribution in [1.29, 1.82) is 0 Å². The molecule has 0 heterocycles. The van der Waals surface area contributed by atoms with Crippen LogP contribution in [0, 0.1) is 0 Å². The standard InChI is InChI=1S/C6H6Cl2N2O3S/c7-5-3-4(9-10-8)1-2-6(5)14(11,12)13/h1-3,9-10H,(H,11,12,13). The van der Waals surface area contributed by atoms with Crippen LogP contribution in [0.4, 0.5) is 5.69 Å². The summed E-state index contributed by atoms with van der Waals surface area (Å²) >= 11 is 10.7. The molecule has 0 aliphatic heterocycles. The molecule has 0 unspecified atom stereocenters. The van der Waals surface area contributed by atoms with Gasteiger partial charge in [0, 0.05) is 0 Å². The molecule has 0 fully saturated rings. The second-order valence-electron chi connectivity index (χ2n) is 2.34. The zero-order chi connectivity index (χ0) is 10.8. The summed E-state index contributed by atoms with van der Waals surface area (Å²) in [7, 11) is -4.28. The first-order valence-corrected chi connectivity index (χ1v) is 5.53. The number of benzene rings is 1. The molecule has 1 rings (SSSR count). The van der Waals surface area contributed by atoms with E-state index in [0.29, 0.717) is 5.69 Å². The molecule has 78 valence electrons. The van der Waals surface area contributed by atoms with Crippen molar-refractivity contribution in [3.63, 3.8) is 0 Å². The van der Waals surface area contributed by atoms with Gasteiger partial charge in [0.15, 0.2) is 0 Å². The second-order valence-corrected chi connectivity index (χ2v) is 4.33. The fourth-order valence-corrected chi connectivity index (χ4v) is 1.97. The summed E-state index contributed by atoms with van der Waals surface area (Å²) in [5, 5.41) is -0.0931. The van der Waals surface area contributed by atoms with Gasteiger partial charge in [0.25, 0.3) is 10.1 Å². The van der Waals surface area contributed by atoms with Crippen molar-refractivity contribution in [1.82, 2.24) is 4.94 Å². The Balaban J connectivity index is 3.15. The lowest BCUT2D eigenvalue weighted by molar-refractivity contribution is 0.483. The molecule has 1 aromatic rings. The topological polar surface area (TPSA) is 78.4 Å². The normalized spacial score (nSPS) is 11.4. The molecule has 0 atom stereocenters. The summed E-state index contributed by atoms with van der Waals surface area (Å²) < 4.78 is 30.2. The molecule has 8 heteroatoms. The van der Waals surface area contributed by atoms with Crippen LogP contribution < -0.4 is 10.4 Å². The van der Waals surface area contributed by atoms with Gasteiger partial charge in [-0.2, -0.15) is 8.42 Å². The Bertz CT molecular complexity index is 435. The molecule has 0 spiro atoms. The second kappa shape index (κ2) is 4.33. The summed E-state index contributed by atoms with van der Waals surface area (Å²) in [6.07, 6.45) is 0. The molecular formula is C6H6Cl2N2O3S. The van der Waals surface area contributed by atoms with Crippen molar-refractivity contribution in [3.8, 4) is 0 Å². The highest BCUT2D eigenvalue weighted by Gasteiger charge is 2.14. The SMILES string of the molecule is O=S(=O)(O)c1ccc(NNCl)cc1Cl. The molecule has 0 aliphatic rings. The number of rotatable bonds is 3. The lowest BCUT2D eigenvalue weighted by Crippen LogP contribution is -2.09. The molecule has 0 bridgehead atoms. The van der Waals surface area contributed by atoms with Crippen LogP contribution in [0.15, 0.2) is 23.1 Å². The van der Waals surface area contributed by atoms with E-state index in [1.807, 2.05) is 0 Å². The molecule has 1 aromatic carbocycles. The zero-order valence-corrected chi connectivity index (χ0v) is 8.99. The fourth-order valence-electron chi connectivity index (χ4n) is 0.842. The minimum atomic E-state index is -4.28. The molecule has 0 saturated carbocycles. The van der Waals surface area contributed by atoms with Crippen molar-refractivity contribution in [2.45, 2.75) is 4.90 Å². The van der Waals surface area contributed by atoms with Crippen LogP contribution in [0.2, 0.25) is 5.02 Å². The number of nitrogens with one attached hydrogen (secondary N) is 2. The number of hydrogen-bond acceptors (Lipinski definition) is 4. The van der Waals surface area contributed by atoms with Crippen molar-refractivity contribution in [2.75, 3.05) is 5.43 Å². The third-order valence-corrected chi connectivity index (χ3v) is 2.83. The Morgan fingerprint density at radius 3 is 2.43 bits per heavy atom. The molecule has 14 heavy (non-hydrogen) atoms. The number of anilines is 1. The summed E-state index contributed by atoms with van der Waals surface area (Å²) in [6.45, 7) is 0. The van der Waals surface area contributed by atoms with E-state index in [4.69, 9.17) is 27.9 Å². The first-order valence-electron chi connectivity index (χ1n) is 3.34. The Morgan fingerprint density at radius 2 is 2.00 bits per heavy atom. The molecule has 0 aromatic heterocycles. The third kappa shape index (κ3) is 2.73. The first kappa shape index (κ1) is 11.5. The molecule has 0 radical (unpaired) electrons. The minimum Gasteiger partial charge on any atom is -0.308 e. The van der Waals surface area contributed by atoms with Crippen LogP contribution in [0.1, 0.15) is 0 Å². The Labute approximate surface area is 90.8 Å². The maximum absolute atomic E-state index is 10.7. The average Bonchev–Trinajstić information content (AvgIpc) is 2.02. The van der Waals surface area contributed by atoms with E-state index in [9.17, 15) is 8.42 Å². The maximum Gasteiger partial charge on any atom is 0.296 e. The average molecular weight is 257 g/mol. The smallest absolute Gasteiger partial charge is 0.296 e. The van der Waals surface area contributed by atoms with Crippen LogP contribution in [0.25, 0.3) is 0 Å². The lowest BCUT2D eigenvalue weighted by atomic mass is 10.3. The van der Waals surface area contributed by atoms with Gasteiger partial charge in [0.05, 0.1) is 10.7 Å². The van der Waals surface area contributed by atoms with E-state index in [2.05, 4.69) is 10.4 Å². The summed E-state index contributed by atoms with van der Waals surface area (Å²) in [4.78, 5) is 1.77. The van der Waals surface area contributed by atoms with Gasteiger partial charge in [-0.05, 0) is 30.0 Å². The highest BCUT2D eigenvalue weighted by Crippen LogP contribution is 2.24. The summed E-state index contributed by atoms with van der Waals surface area (Å²) in [5.74, 6) is 0. The van der Waals surface area contributed by atoms with Crippen molar-refractivity contribution in [3.05, 3.63) is 23.2 Å². The van der Waals surface area contributed by atoms with Crippen LogP contribution in [-0.2, 0) is 10.1 Å². The summed E-state index contributed by atoms with van der Waals surface area (Å²) in [5.41, 5.74) is 2.95. The van der Waals surface area contributed by atoms with E-state index in [0.717, 1.165) is 6.07 Å². The largest absolute Gasteiger partial charge is 0.308 e. The van der Waals surface area contributed by atoms with Crippen molar-refractivity contribution in [2.24, 2.45) is 0 Å². The van der Waals surface area contributed by atoms with Gasteiger partial charge in [0.2, 0.25) is 0 Å². The van der Waals surface area contributed by atoms with Crippen LogP contribution in [-0.4, -0.2) is 13.0 Å². The highest BCUT2D eigenvalue weighted by molar-refractivity contribution is 7.86. The number of halogens is 2. The van der Waals surface area contributed by atoms with E-state index in [1.165, 1.54) is 12.1 Å². The van der Waals surface area contributed by atoms with Crippen LogP contribution >= 0.6 is 23.4 Å². The Kier molecular flexibility index (Phi) is 3.57. The quantitative estimate of drug-likeness (QED) is 0.436. The predicted molar refractivity (Wildman–Crippen MR) is 53.9 cm³/mol. The highest BCUT2D eigenvalue weighted by atomic mass is 35.5.